The summed E-state index contributed by atoms with van der Waals surface area (Å²) < 4.78 is 7.55. The van der Waals surface area contributed by atoms with E-state index < -0.39 is 0 Å². The number of hydrogen-bond acceptors (Lipinski definition) is 3. The smallest absolute Gasteiger partial charge is 0.119 e. The number of ether oxygens (including phenoxy) is 1. The third-order valence-electron chi connectivity index (χ3n) is 3.22. The minimum Gasteiger partial charge on any atom is -0.489 e. The van der Waals surface area contributed by atoms with Gasteiger partial charge in [0.05, 0.1) is 12.3 Å². The van der Waals surface area contributed by atoms with E-state index in [1.807, 2.05) is 60.8 Å². The van der Waals surface area contributed by atoms with Crippen LogP contribution in [0.5, 0.6) is 5.75 Å². The SMILES string of the molecule is OCc1ccc(COc2ccc(-n3cccn3)cc2)cc1. The molecule has 3 aromatic rings. The molecule has 0 saturated heterocycles. The zero-order valence-electron chi connectivity index (χ0n) is 11.5. The van der Waals surface area contributed by atoms with Crippen LogP contribution in [0.15, 0.2) is 67.0 Å². The van der Waals surface area contributed by atoms with Crippen molar-refractivity contribution in [3.63, 3.8) is 0 Å². The van der Waals surface area contributed by atoms with E-state index in [-0.39, 0.29) is 6.61 Å². The molecule has 4 nitrogen and oxygen atoms in total. The Morgan fingerprint density at radius 3 is 2.29 bits per heavy atom. The fourth-order valence-electron chi connectivity index (χ4n) is 2.02. The predicted molar refractivity (Wildman–Crippen MR) is 80.3 cm³/mol. The average molecular weight is 280 g/mol. The summed E-state index contributed by atoms with van der Waals surface area (Å²) in [5.74, 6) is 0.817. The molecule has 3 rings (SSSR count). The van der Waals surface area contributed by atoms with Gasteiger partial charge in [-0.2, -0.15) is 5.10 Å². The Morgan fingerprint density at radius 2 is 1.67 bits per heavy atom. The van der Waals surface area contributed by atoms with Crippen molar-refractivity contribution >= 4 is 0 Å². The van der Waals surface area contributed by atoms with Crippen LogP contribution in [0.25, 0.3) is 5.69 Å². The minimum absolute atomic E-state index is 0.0655. The van der Waals surface area contributed by atoms with Gasteiger partial charge in [-0.3, -0.25) is 0 Å². The van der Waals surface area contributed by atoms with Gasteiger partial charge in [0.25, 0.3) is 0 Å². The zero-order chi connectivity index (χ0) is 14.5. The predicted octanol–water partition coefficient (Wildman–Crippen LogP) is 2.94. The average Bonchev–Trinajstić information content (AvgIpc) is 3.08. The van der Waals surface area contributed by atoms with Crippen LogP contribution in [0.4, 0.5) is 0 Å². The number of aliphatic hydroxyl groups is 1. The van der Waals surface area contributed by atoms with Gasteiger partial charge in [0.2, 0.25) is 0 Å². The molecule has 2 aromatic carbocycles. The molecule has 0 unspecified atom stereocenters. The van der Waals surface area contributed by atoms with E-state index in [0.717, 1.165) is 22.6 Å². The first-order chi connectivity index (χ1) is 10.3. The molecule has 0 atom stereocenters. The van der Waals surface area contributed by atoms with Crippen molar-refractivity contribution in [3.8, 4) is 11.4 Å². The summed E-state index contributed by atoms with van der Waals surface area (Å²) in [7, 11) is 0. The quantitative estimate of drug-likeness (QED) is 0.781. The van der Waals surface area contributed by atoms with E-state index >= 15 is 0 Å². The molecular formula is C17H16N2O2. The molecule has 0 fully saturated rings. The van der Waals surface area contributed by atoms with E-state index in [4.69, 9.17) is 9.84 Å². The second-order valence-electron chi connectivity index (χ2n) is 4.71. The minimum atomic E-state index is 0.0655. The lowest BCUT2D eigenvalue weighted by atomic mass is 10.1. The fourth-order valence-corrected chi connectivity index (χ4v) is 2.02. The molecule has 0 aliphatic carbocycles. The lowest BCUT2D eigenvalue weighted by Gasteiger charge is -2.08. The molecular weight excluding hydrogens is 264 g/mol. The standard InChI is InChI=1S/C17H16N2O2/c20-12-14-2-4-15(5-3-14)13-21-17-8-6-16(7-9-17)19-11-1-10-18-19/h1-11,20H,12-13H2. The lowest BCUT2D eigenvalue weighted by Crippen LogP contribution is -1.97. The number of hydrogen-bond donors (Lipinski definition) is 1. The van der Waals surface area contributed by atoms with Crippen LogP contribution in [-0.4, -0.2) is 14.9 Å². The topological polar surface area (TPSA) is 47.3 Å². The Balaban J connectivity index is 1.62. The van der Waals surface area contributed by atoms with Crippen LogP contribution in [0.2, 0.25) is 0 Å². The van der Waals surface area contributed by atoms with E-state index in [0.29, 0.717) is 6.61 Å². The summed E-state index contributed by atoms with van der Waals surface area (Å²) in [5, 5.41) is 13.2. The fraction of sp³-hybridized carbons (Fsp3) is 0.118. The van der Waals surface area contributed by atoms with Crippen LogP contribution in [0, 0.1) is 0 Å². The molecule has 0 saturated carbocycles. The van der Waals surface area contributed by atoms with Crippen LogP contribution in [0.1, 0.15) is 11.1 Å². The van der Waals surface area contributed by atoms with Crippen molar-refractivity contribution in [3.05, 3.63) is 78.1 Å². The Morgan fingerprint density at radius 1 is 0.952 bits per heavy atom. The van der Waals surface area contributed by atoms with Gasteiger partial charge in [-0.05, 0) is 41.5 Å². The molecule has 1 aromatic heterocycles. The maximum Gasteiger partial charge on any atom is 0.119 e. The third-order valence-corrected chi connectivity index (χ3v) is 3.22. The second-order valence-corrected chi connectivity index (χ2v) is 4.71. The summed E-state index contributed by atoms with van der Waals surface area (Å²) in [4.78, 5) is 0. The maximum absolute atomic E-state index is 9.00. The Kier molecular flexibility index (Phi) is 3.98. The molecule has 21 heavy (non-hydrogen) atoms. The van der Waals surface area contributed by atoms with Gasteiger partial charge < -0.3 is 9.84 Å². The van der Waals surface area contributed by atoms with Gasteiger partial charge in [0.1, 0.15) is 12.4 Å². The first-order valence-corrected chi connectivity index (χ1v) is 6.77. The molecule has 0 aliphatic rings. The number of nitrogens with zero attached hydrogens (tertiary/aromatic N) is 2. The van der Waals surface area contributed by atoms with Crippen molar-refractivity contribution in [2.75, 3.05) is 0 Å². The van der Waals surface area contributed by atoms with Crippen LogP contribution in [-0.2, 0) is 13.2 Å². The molecule has 0 bridgehead atoms. The monoisotopic (exact) mass is 280 g/mol. The van der Waals surface area contributed by atoms with Gasteiger partial charge >= 0.3 is 0 Å². The Bertz CT molecular complexity index is 674. The van der Waals surface area contributed by atoms with Gasteiger partial charge in [0, 0.05) is 12.4 Å². The van der Waals surface area contributed by atoms with E-state index in [2.05, 4.69) is 5.10 Å². The third kappa shape index (κ3) is 3.30. The Hall–Kier alpha value is -2.59. The largest absolute Gasteiger partial charge is 0.489 e. The highest BCUT2D eigenvalue weighted by Gasteiger charge is 1.99. The zero-order valence-corrected chi connectivity index (χ0v) is 11.5. The van der Waals surface area contributed by atoms with Crippen molar-refractivity contribution in [1.82, 2.24) is 9.78 Å². The van der Waals surface area contributed by atoms with Crippen LogP contribution >= 0.6 is 0 Å². The summed E-state index contributed by atoms with van der Waals surface area (Å²) in [6.07, 6.45) is 3.65. The second kappa shape index (κ2) is 6.24. The van der Waals surface area contributed by atoms with Crippen molar-refractivity contribution in [1.29, 1.82) is 0 Å². The molecule has 106 valence electrons. The van der Waals surface area contributed by atoms with Crippen molar-refractivity contribution < 1.29 is 9.84 Å². The normalized spacial score (nSPS) is 10.5. The first kappa shape index (κ1) is 13.4. The van der Waals surface area contributed by atoms with Crippen molar-refractivity contribution in [2.24, 2.45) is 0 Å². The van der Waals surface area contributed by atoms with Crippen LogP contribution < -0.4 is 4.74 Å². The molecule has 0 amide bonds. The summed E-state index contributed by atoms with van der Waals surface area (Å²) >= 11 is 0. The number of benzene rings is 2. The van der Waals surface area contributed by atoms with E-state index in [9.17, 15) is 0 Å². The Labute approximate surface area is 123 Å². The highest BCUT2D eigenvalue weighted by atomic mass is 16.5. The van der Waals surface area contributed by atoms with Crippen LogP contribution in [0.3, 0.4) is 0 Å². The highest BCUT2D eigenvalue weighted by molar-refractivity contribution is 5.36. The van der Waals surface area contributed by atoms with Gasteiger partial charge in [-0.1, -0.05) is 24.3 Å². The van der Waals surface area contributed by atoms with E-state index in [1.54, 1.807) is 10.9 Å². The number of aliphatic hydroxyl groups excluding tert-OH is 1. The maximum atomic E-state index is 9.00. The first-order valence-electron chi connectivity index (χ1n) is 6.77. The highest BCUT2D eigenvalue weighted by Crippen LogP contribution is 2.16. The molecule has 4 heteroatoms. The summed E-state index contributed by atoms with van der Waals surface area (Å²) in [6, 6.07) is 17.4. The van der Waals surface area contributed by atoms with Gasteiger partial charge in [0.15, 0.2) is 0 Å². The molecule has 0 spiro atoms. The molecule has 1 N–H and O–H groups in total. The van der Waals surface area contributed by atoms with Crippen molar-refractivity contribution in [2.45, 2.75) is 13.2 Å². The van der Waals surface area contributed by atoms with Gasteiger partial charge in [-0.15, -0.1) is 0 Å². The number of rotatable bonds is 5. The molecule has 1 heterocycles. The summed E-state index contributed by atoms with van der Waals surface area (Å²) in [6.45, 7) is 0.572. The van der Waals surface area contributed by atoms with Gasteiger partial charge in [-0.25, -0.2) is 4.68 Å². The molecule has 0 radical (unpaired) electrons. The molecule has 0 aliphatic heterocycles. The van der Waals surface area contributed by atoms with E-state index in [1.165, 1.54) is 0 Å². The lowest BCUT2D eigenvalue weighted by molar-refractivity contribution is 0.281. The summed E-state index contributed by atoms with van der Waals surface area (Å²) in [5.41, 5.74) is 2.98. The number of aromatic nitrogens is 2.